The number of hydrogen-bond acceptors (Lipinski definition) is 8. The molecule has 1 aromatic rings. The van der Waals surface area contributed by atoms with Crippen molar-refractivity contribution in [3.05, 3.63) is 42.9 Å². The maximum atomic E-state index is 13.5. The van der Waals surface area contributed by atoms with Crippen LogP contribution in [0.1, 0.15) is 50.8 Å². The van der Waals surface area contributed by atoms with Gasteiger partial charge in [0, 0.05) is 17.1 Å². The van der Waals surface area contributed by atoms with E-state index in [2.05, 4.69) is 0 Å². The van der Waals surface area contributed by atoms with Crippen molar-refractivity contribution in [2.45, 2.75) is 53.5 Å². The van der Waals surface area contributed by atoms with Crippen LogP contribution in [-0.4, -0.2) is 42.5 Å². The van der Waals surface area contributed by atoms with Crippen LogP contribution < -0.4 is 4.90 Å². The van der Waals surface area contributed by atoms with Crippen LogP contribution in [0.3, 0.4) is 0 Å². The summed E-state index contributed by atoms with van der Waals surface area (Å²) in [4.78, 5) is 41.2. The third-order valence-electron chi connectivity index (χ3n) is 6.26. The SMILES string of the molecule is CC[C@@H](C)C(=O)N1c2cc(C)c(C)cc2C(=C2SC(C(=O)OC)=C(C(=O)OC)S2)C(=S)C1(C)C. The first-order chi connectivity index (χ1) is 15.9. The predicted molar refractivity (Wildman–Crippen MR) is 143 cm³/mol. The highest BCUT2D eigenvalue weighted by molar-refractivity contribution is 8.29. The predicted octanol–water partition coefficient (Wildman–Crippen LogP) is 5.55. The quantitative estimate of drug-likeness (QED) is 0.291. The number of carbonyl (C=O) groups excluding carboxylic acids is 3. The molecule has 0 unspecified atom stereocenters. The van der Waals surface area contributed by atoms with Crippen LogP contribution in [0.2, 0.25) is 0 Å². The number of thiocarbonyl (C=S) groups is 1. The van der Waals surface area contributed by atoms with Gasteiger partial charge in [0.2, 0.25) is 5.91 Å². The molecule has 0 saturated heterocycles. The van der Waals surface area contributed by atoms with Gasteiger partial charge in [-0.2, -0.15) is 0 Å². The van der Waals surface area contributed by atoms with Gasteiger partial charge in [-0.05, 0) is 57.4 Å². The lowest BCUT2D eigenvalue weighted by Crippen LogP contribution is -2.57. The van der Waals surface area contributed by atoms with Crippen molar-refractivity contribution >= 4 is 69.7 Å². The largest absolute Gasteiger partial charge is 0.465 e. The molecule has 0 bridgehead atoms. The van der Waals surface area contributed by atoms with E-state index in [-0.39, 0.29) is 21.6 Å². The van der Waals surface area contributed by atoms with Crippen LogP contribution in [-0.2, 0) is 23.9 Å². The summed E-state index contributed by atoms with van der Waals surface area (Å²) >= 11 is 8.32. The number of thioether (sulfide) groups is 2. The fraction of sp³-hybridized carbons (Fsp3) is 0.440. The molecule has 9 heteroatoms. The number of methoxy groups -OCH3 is 2. The highest BCUT2D eigenvalue weighted by Gasteiger charge is 2.46. The average Bonchev–Trinajstić information content (AvgIpc) is 3.24. The van der Waals surface area contributed by atoms with E-state index in [1.807, 2.05) is 58.6 Å². The zero-order chi connectivity index (χ0) is 25.5. The van der Waals surface area contributed by atoms with Gasteiger partial charge in [-0.25, -0.2) is 9.59 Å². The number of carbonyl (C=O) groups is 3. The normalized spacial score (nSPS) is 18.1. The summed E-state index contributed by atoms with van der Waals surface area (Å²) in [6, 6.07) is 4.05. The van der Waals surface area contributed by atoms with Crippen LogP contribution in [0.25, 0.3) is 5.57 Å². The highest BCUT2D eigenvalue weighted by Crippen LogP contribution is 2.56. The average molecular weight is 520 g/mol. The monoisotopic (exact) mass is 519 g/mol. The van der Waals surface area contributed by atoms with Crippen molar-refractivity contribution in [2.24, 2.45) is 5.92 Å². The Balaban J connectivity index is 2.30. The van der Waals surface area contributed by atoms with Gasteiger partial charge in [0.05, 0.1) is 34.5 Å². The van der Waals surface area contributed by atoms with E-state index in [1.165, 1.54) is 14.2 Å². The van der Waals surface area contributed by atoms with Crippen molar-refractivity contribution < 1.29 is 23.9 Å². The Morgan fingerprint density at radius 2 is 1.53 bits per heavy atom. The van der Waals surface area contributed by atoms with E-state index in [1.54, 1.807) is 0 Å². The molecule has 6 nitrogen and oxygen atoms in total. The number of amides is 1. The van der Waals surface area contributed by atoms with Gasteiger partial charge in [0.1, 0.15) is 9.81 Å². The highest BCUT2D eigenvalue weighted by atomic mass is 32.2. The first kappa shape index (κ1) is 26.5. The molecule has 2 heterocycles. The van der Waals surface area contributed by atoms with Gasteiger partial charge in [0.15, 0.2) is 0 Å². The molecule has 2 aliphatic rings. The number of nitrogens with zero attached hydrogens (tertiary/aromatic N) is 1. The molecule has 1 atom stereocenters. The lowest BCUT2D eigenvalue weighted by atomic mass is 9.81. The number of hydrogen-bond donors (Lipinski definition) is 0. The summed E-state index contributed by atoms with van der Waals surface area (Å²) < 4.78 is 10.5. The Bertz CT molecular complexity index is 1140. The summed E-state index contributed by atoms with van der Waals surface area (Å²) in [5, 5.41) is 0. The van der Waals surface area contributed by atoms with Crippen LogP contribution >= 0.6 is 35.7 Å². The summed E-state index contributed by atoms with van der Waals surface area (Å²) in [6.07, 6.45) is 0.715. The van der Waals surface area contributed by atoms with Gasteiger partial charge in [-0.1, -0.05) is 49.6 Å². The van der Waals surface area contributed by atoms with Crippen LogP contribution in [0.5, 0.6) is 0 Å². The van der Waals surface area contributed by atoms with Gasteiger partial charge in [-0.3, -0.25) is 4.79 Å². The van der Waals surface area contributed by atoms with E-state index in [0.29, 0.717) is 15.5 Å². The van der Waals surface area contributed by atoms with Gasteiger partial charge in [-0.15, -0.1) is 0 Å². The van der Waals surface area contributed by atoms with E-state index in [0.717, 1.165) is 51.5 Å². The molecule has 1 aromatic carbocycles. The smallest absolute Gasteiger partial charge is 0.346 e. The number of benzene rings is 1. The summed E-state index contributed by atoms with van der Waals surface area (Å²) in [5.74, 6) is -1.37. The maximum Gasteiger partial charge on any atom is 0.346 e. The number of aryl methyl sites for hydroxylation is 2. The second-order valence-electron chi connectivity index (χ2n) is 8.83. The minimum absolute atomic E-state index is 0.0127. The minimum atomic E-state index is -0.798. The fourth-order valence-electron chi connectivity index (χ4n) is 3.86. The Hall–Kier alpha value is -2.10. The van der Waals surface area contributed by atoms with E-state index in [4.69, 9.17) is 21.7 Å². The van der Waals surface area contributed by atoms with Gasteiger partial charge in [0.25, 0.3) is 0 Å². The topological polar surface area (TPSA) is 72.9 Å². The third-order valence-corrected chi connectivity index (χ3v) is 9.52. The summed E-state index contributed by atoms with van der Waals surface area (Å²) in [7, 11) is 2.55. The molecule has 0 aromatic heterocycles. The molecule has 3 rings (SSSR count). The number of ether oxygens (including phenoxy) is 2. The molecule has 0 fully saturated rings. The second-order valence-corrected chi connectivity index (χ2v) is 11.5. The lowest BCUT2D eigenvalue weighted by Gasteiger charge is -2.46. The number of esters is 2. The zero-order valence-electron chi connectivity index (χ0n) is 20.7. The molecule has 34 heavy (non-hydrogen) atoms. The Labute approximate surface area is 214 Å². The van der Waals surface area contributed by atoms with Crippen molar-refractivity contribution in [3.8, 4) is 0 Å². The number of rotatable bonds is 4. The summed E-state index contributed by atoms with van der Waals surface area (Å²) in [5.41, 5.74) is 3.66. The first-order valence-electron chi connectivity index (χ1n) is 10.9. The Morgan fingerprint density at radius 1 is 1.03 bits per heavy atom. The molecule has 0 spiro atoms. The summed E-state index contributed by atoms with van der Waals surface area (Å²) in [6.45, 7) is 11.8. The number of fused-ring (bicyclic) bond motifs is 1. The first-order valence-corrected chi connectivity index (χ1v) is 13.0. The third kappa shape index (κ3) is 4.33. The molecule has 2 aliphatic heterocycles. The molecule has 0 aliphatic carbocycles. The van der Waals surface area contributed by atoms with Crippen LogP contribution in [0.15, 0.2) is 26.2 Å². The van der Waals surface area contributed by atoms with Crippen LogP contribution in [0.4, 0.5) is 5.69 Å². The van der Waals surface area contributed by atoms with Crippen molar-refractivity contribution in [1.29, 1.82) is 0 Å². The Kier molecular flexibility index (Phi) is 7.70. The van der Waals surface area contributed by atoms with Crippen molar-refractivity contribution in [3.63, 3.8) is 0 Å². The molecule has 182 valence electrons. The second kappa shape index (κ2) is 9.87. The van der Waals surface area contributed by atoms with Gasteiger partial charge < -0.3 is 14.4 Å². The van der Waals surface area contributed by atoms with Gasteiger partial charge >= 0.3 is 11.9 Å². The van der Waals surface area contributed by atoms with Crippen molar-refractivity contribution in [1.82, 2.24) is 0 Å². The molecule has 0 N–H and O–H groups in total. The minimum Gasteiger partial charge on any atom is -0.465 e. The van der Waals surface area contributed by atoms with E-state index in [9.17, 15) is 14.4 Å². The fourth-order valence-corrected chi connectivity index (χ4v) is 6.90. The van der Waals surface area contributed by atoms with E-state index >= 15 is 0 Å². The van der Waals surface area contributed by atoms with Crippen LogP contribution in [0, 0.1) is 19.8 Å². The molecule has 1 amide bonds. The molecule has 0 radical (unpaired) electrons. The standard InChI is InChI=1S/C25H29NO5S3/c1-9-12(2)21(27)26-16-11-14(4)13(3)10-15(16)17(20(32)25(26,5)6)24-33-18(22(28)30-7)19(34-24)23(29)31-8/h10-12H,9H2,1-8H3/t12-/m1/s1. The molecule has 0 saturated carbocycles. The molecular formula is C25H29NO5S3. The Morgan fingerprint density at radius 3 is 2.00 bits per heavy atom. The molecular weight excluding hydrogens is 490 g/mol. The lowest BCUT2D eigenvalue weighted by molar-refractivity contribution is -0.138. The van der Waals surface area contributed by atoms with Crippen molar-refractivity contribution in [2.75, 3.05) is 19.1 Å². The maximum absolute atomic E-state index is 13.5. The zero-order valence-corrected chi connectivity index (χ0v) is 23.1. The van der Waals surface area contributed by atoms with E-state index < -0.39 is 17.5 Å². The number of anilines is 1.